The van der Waals surface area contributed by atoms with E-state index in [2.05, 4.69) is 75.6 Å². The standard InChI is InChI=1S/C33H40N4O4/c1-38-33-8-3-6-30(24-33)26-36(25-29-5-2-7-32(23-29)37-14-4-13-34-37)31-11-9-28(10-12-31)27-41-22-21-40-20-17-35-15-18-39-19-16-35/h2-14,23-24H,15-22,25-27H2,1H3. The van der Waals surface area contributed by atoms with Crippen LogP contribution in [0, 0.1) is 0 Å². The van der Waals surface area contributed by atoms with Gasteiger partial charge in [0.2, 0.25) is 0 Å². The van der Waals surface area contributed by atoms with Gasteiger partial charge in [-0.05, 0) is 59.2 Å². The molecular formula is C33H40N4O4. The van der Waals surface area contributed by atoms with Gasteiger partial charge in [-0.1, -0.05) is 36.4 Å². The van der Waals surface area contributed by atoms with Crippen LogP contribution in [-0.2, 0) is 33.9 Å². The van der Waals surface area contributed by atoms with Gasteiger partial charge in [-0.15, -0.1) is 0 Å². The number of methoxy groups -OCH3 is 1. The molecule has 0 aliphatic carbocycles. The first-order valence-electron chi connectivity index (χ1n) is 14.3. The van der Waals surface area contributed by atoms with Crippen LogP contribution in [0.15, 0.2) is 91.3 Å². The first-order chi connectivity index (χ1) is 20.3. The van der Waals surface area contributed by atoms with Gasteiger partial charge in [-0.25, -0.2) is 4.68 Å². The highest BCUT2D eigenvalue weighted by Crippen LogP contribution is 2.24. The van der Waals surface area contributed by atoms with Gasteiger partial charge in [0.05, 0.1) is 52.4 Å². The van der Waals surface area contributed by atoms with E-state index in [4.69, 9.17) is 18.9 Å². The lowest BCUT2D eigenvalue weighted by Gasteiger charge is -2.26. The third-order valence-electron chi connectivity index (χ3n) is 7.16. The summed E-state index contributed by atoms with van der Waals surface area (Å²) in [7, 11) is 1.70. The average Bonchev–Trinajstić information content (AvgIpc) is 3.57. The van der Waals surface area contributed by atoms with Crippen molar-refractivity contribution in [3.8, 4) is 11.4 Å². The fourth-order valence-corrected chi connectivity index (χ4v) is 4.90. The molecule has 216 valence electrons. The Morgan fingerprint density at radius 2 is 1.56 bits per heavy atom. The molecule has 0 amide bonds. The van der Waals surface area contributed by atoms with Crippen LogP contribution >= 0.6 is 0 Å². The minimum absolute atomic E-state index is 0.564. The second-order valence-electron chi connectivity index (χ2n) is 10.1. The van der Waals surface area contributed by atoms with Crippen molar-refractivity contribution in [1.82, 2.24) is 14.7 Å². The van der Waals surface area contributed by atoms with Gasteiger partial charge in [0.15, 0.2) is 0 Å². The zero-order valence-electron chi connectivity index (χ0n) is 23.9. The summed E-state index contributed by atoms with van der Waals surface area (Å²) in [4.78, 5) is 4.75. The Morgan fingerprint density at radius 1 is 0.805 bits per heavy atom. The minimum Gasteiger partial charge on any atom is -0.497 e. The van der Waals surface area contributed by atoms with Crippen molar-refractivity contribution in [3.05, 3.63) is 108 Å². The largest absolute Gasteiger partial charge is 0.497 e. The molecule has 1 saturated heterocycles. The molecule has 0 unspecified atom stereocenters. The van der Waals surface area contributed by atoms with E-state index in [-0.39, 0.29) is 0 Å². The number of aromatic nitrogens is 2. The Morgan fingerprint density at radius 3 is 2.32 bits per heavy atom. The number of rotatable bonds is 15. The summed E-state index contributed by atoms with van der Waals surface area (Å²) in [5.41, 5.74) is 5.73. The van der Waals surface area contributed by atoms with Gasteiger partial charge in [-0.2, -0.15) is 5.10 Å². The SMILES string of the molecule is COc1cccc(CN(Cc2cccc(-n3cccn3)c2)c2ccc(COCCOCCN3CCOCC3)cc2)c1. The number of benzene rings is 3. The van der Waals surface area contributed by atoms with Gasteiger partial charge < -0.3 is 23.8 Å². The number of nitrogens with zero attached hydrogens (tertiary/aromatic N) is 4. The Labute approximate surface area is 243 Å². The lowest BCUT2D eigenvalue weighted by atomic mass is 10.1. The number of morpholine rings is 1. The van der Waals surface area contributed by atoms with Crippen LogP contribution in [0.4, 0.5) is 5.69 Å². The molecule has 0 radical (unpaired) electrons. The molecule has 2 heterocycles. The molecule has 4 aromatic rings. The van der Waals surface area contributed by atoms with Crippen molar-refractivity contribution in [3.63, 3.8) is 0 Å². The molecule has 0 atom stereocenters. The zero-order valence-corrected chi connectivity index (χ0v) is 23.9. The quantitative estimate of drug-likeness (QED) is 0.192. The minimum atomic E-state index is 0.564. The summed E-state index contributed by atoms with van der Waals surface area (Å²) in [5, 5.41) is 4.39. The molecule has 41 heavy (non-hydrogen) atoms. The summed E-state index contributed by atoms with van der Waals surface area (Å²) in [6.45, 7) is 8.55. The molecule has 0 saturated carbocycles. The van der Waals surface area contributed by atoms with Crippen LogP contribution in [0.2, 0.25) is 0 Å². The van der Waals surface area contributed by atoms with Crippen LogP contribution in [0.25, 0.3) is 5.69 Å². The van der Waals surface area contributed by atoms with E-state index in [1.165, 1.54) is 11.1 Å². The molecule has 3 aromatic carbocycles. The van der Waals surface area contributed by atoms with Crippen LogP contribution in [-0.4, -0.2) is 74.5 Å². The Kier molecular flexibility index (Phi) is 10.8. The van der Waals surface area contributed by atoms with Crippen molar-refractivity contribution < 1.29 is 18.9 Å². The highest BCUT2D eigenvalue weighted by atomic mass is 16.5. The molecule has 0 N–H and O–H groups in total. The molecule has 8 heteroatoms. The molecule has 5 rings (SSSR count). The van der Waals surface area contributed by atoms with Gasteiger partial charge in [0.25, 0.3) is 0 Å². The number of hydrogen-bond acceptors (Lipinski definition) is 7. The molecule has 0 bridgehead atoms. The normalized spacial score (nSPS) is 13.8. The fraction of sp³-hybridized carbons (Fsp3) is 0.364. The molecule has 8 nitrogen and oxygen atoms in total. The lowest BCUT2D eigenvalue weighted by Crippen LogP contribution is -2.38. The van der Waals surface area contributed by atoms with E-state index in [9.17, 15) is 0 Å². The van der Waals surface area contributed by atoms with E-state index >= 15 is 0 Å². The van der Waals surface area contributed by atoms with Crippen molar-refractivity contribution in [1.29, 1.82) is 0 Å². The van der Waals surface area contributed by atoms with Crippen molar-refractivity contribution in [2.45, 2.75) is 19.7 Å². The summed E-state index contributed by atoms with van der Waals surface area (Å²) in [5.74, 6) is 0.862. The molecule has 1 aliphatic rings. The predicted octanol–water partition coefficient (Wildman–Crippen LogP) is 4.95. The maximum absolute atomic E-state index is 5.88. The Balaban J connectivity index is 1.17. The second kappa shape index (κ2) is 15.3. The topological polar surface area (TPSA) is 61.2 Å². The second-order valence-corrected chi connectivity index (χ2v) is 10.1. The molecular weight excluding hydrogens is 516 g/mol. The summed E-state index contributed by atoms with van der Waals surface area (Å²) >= 11 is 0. The Bertz CT molecular complexity index is 1310. The zero-order chi connectivity index (χ0) is 28.1. The van der Waals surface area contributed by atoms with E-state index < -0.39 is 0 Å². The van der Waals surface area contributed by atoms with Crippen LogP contribution < -0.4 is 9.64 Å². The Hall–Kier alpha value is -3.69. The van der Waals surface area contributed by atoms with E-state index in [0.717, 1.165) is 75.2 Å². The fourth-order valence-electron chi connectivity index (χ4n) is 4.90. The van der Waals surface area contributed by atoms with Crippen LogP contribution in [0.1, 0.15) is 16.7 Å². The highest BCUT2D eigenvalue weighted by molar-refractivity contribution is 5.50. The van der Waals surface area contributed by atoms with E-state index in [1.807, 2.05) is 29.1 Å². The monoisotopic (exact) mass is 556 g/mol. The lowest BCUT2D eigenvalue weighted by molar-refractivity contribution is 0.00585. The van der Waals surface area contributed by atoms with Gasteiger partial charge in [0, 0.05) is 50.8 Å². The third kappa shape index (κ3) is 8.90. The van der Waals surface area contributed by atoms with Gasteiger partial charge in [-0.3, -0.25) is 4.90 Å². The van der Waals surface area contributed by atoms with Gasteiger partial charge in [0.1, 0.15) is 5.75 Å². The average molecular weight is 557 g/mol. The maximum Gasteiger partial charge on any atom is 0.119 e. The smallest absolute Gasteiger partial charge is 0.119 e. The molecule has 0 spiro atoms. The maximum atomic E-state index is 5.88. The first-order valence-corrected chi connectivity index (χ1v) is 14.3. The van der Waals surface area contributed by atoms with Gasteiger partial charge >= 0.3 is 0 Å². The van der Waals surface area contributed by atoms with Crippen molar-refractivity contribution in [2.75, 3.05) is 64.7 Å². The van der Waals surface area contributed by atoms with Crippen molar-refractivity contribution >= 4 is 5.69 Å². The first kappa shape index (κ1) is 28.8. The molecule has 1 aromatic heterocycles. The number of anilines is 1. The van der Waals surface area contributed by atoms with Crippen LogP contribution in [0.3, 0.4) is 0 Å². The number of hydrogen-bond donors (Lipinski definition) is 0. The molecule has 1 aliphatic heterocycles. The summed E-state index contributed by atoms with van der Waals surface area (Å²) in [6, 6.07) is 27.4. The highest BCUT2D eigenvalue weighted by Gasteiger charge is 2.12. The summed E-state index contributed by atoms with van der Waals surface area (Å²) < 4.78 is 24.4. The molecule has 1 fully saturated rings. The summed E-state index contributed by atoms with van der Waals surface area (Å²) in [6.07, 6.45) is 3.76. The third-order valence-corrected chi connectivity index (χ3v) is 7.16. The van der Waals surface area contributed by atoms with E-state index in [0.29, 0.717) is 19.8 Å². The predicted molar refractivity (Wildman–Crippen MR) is 161 cm³/mol. The van der Waals surface area contributed by atoms with Crippen molar-refractivity contribution in [2.24, 2.45) is 0 Å². The van der Waals surface area contributed by atoms with Crippen LogP contribution in [0.5, 0.6) is 5.75 Å². The van der Waals surface area contributed by atoms with E-state index in [1.54, 1.807) is 13.3 Å². The number of ether oxygens (including phenoxy) is 4.